The molecule has 2 rings (SSSR count). The zero-order chi connectivity index (χ0) is 19.3. The van der Waals surface area contributed by atoms with Crippen LogP contribution in [0, 0.1) is 0 Å². The molecule has 0 aliphatic carbocycles. The fourth-order valence-corrected chi connectivity index (χ4v) is 2.57. The van der Waals surface area contributed by atoms with Crippen LogP contribution in [0.3, 0.4) is 0 Å². The molecule has 0 aliphatic heterocycles. The van der Waals surface area contributed by atoms with Gasteiger partial charge in [0.15, 0.2) is 6.10 Å². The molecule has 0 aliphatic rings. The second-order valence-corrected chi connectivity index (χ2v) is 6.58. The lowest BCUT2D eigenvalue weighted by Gasteiger charge is -2.18. The average Bonchev–Trinajstić information content (AvgIpc) is 2.63. The maximum Gasteiger partial charge on any atom is 0.338 e. The zero-order valence-corrected chi connectivity index (χ0v) is 15.8. The van der Waals surface area contributed by atoms with Crippen molar-refractivity contribution in [2.24, 2.45) is 0 Å². The summed E-state index contributed by atoms with van der Waals surface area (Å²) in [4.78, 5) is 24.6. The smallest absolute Gasteiger partial charge is 0.338 e. The lowest BCUT2D eigenvalue weighted by molar-refractivity contribution is -0.123. The molecule has 6 heteroatoms. The Morgan fingerprint density at radius 2 is 1.88 bits per heavy atom. The van der Waals surface area contributed by atoms with E-state index < -0.39 is 18.0 Å². The Morgan fingerprint density at radius 3 is 2.54 bits per heavy atom. The number of ether oxygens (including phenoxy) is 1. The molecule has 0 fully saturated rings. The molecular formula is C20H23ClN2O3. The van der Waals surface area contributed by atoms with Crippen molar-refractivity contribution in [3.63, 3.8) is 0 Å². The van der Waals surface area contributed by atoms with E-state index in [1.807, 2.05) is 24.3 Å². The minimum atomic E-state index is -0.954. The highest BCUT2D eigenvalue weighted by molar-refractivity contribution is 6.33. The number of amides is 1. The molecule has 0 heterocycles. The average molecular weight is 375 g/mol. The maximum absolute atomic E-state index is 12.4. The zero-order valence-electron chi connectivity index (χ0n) is 15.1. The standard InChI is InChI=1S/C20H23ClN2O3/c1-4-12(2)15-7-5-6-8-18(15)23-19(24)13(3)26-20(25)14-9-10-16(21)17(22)11-14/h5-13H,4,22H2,1-3H3,(H,23,24). The molecule has 0 bridgehead atoms. The van der Waals surface area contributed by atoms with E-state index >= 15 is 0 Å². The van der Waals surface area contributed by atoms with Crippen molar-refractivity contribution in [1.82, 2.24) is 0 Å². The molecule has 0 radical (unpaired) electrons. The molecule has 0 saturated carbocycles. The predicted molar refractivity (Wildman–Crippen MR) is 105 cm³/mol. The maximum atomic E-state index is 12.4. The SMILES string of the molecule is CCC(C)c1ccccc1NC(=O)C(C)OC(=O)c1ccc(Cl)c(N)c1. The summed E-state index contributed by atoms with van der Waals surface area (Å²) in [6.45, 7) is 5.71. The van der Waals surface area contributed by atoms with Crippen LogP contribution >= 0.6 is 11.6 Å². The number of halogens is 1. The third-order valence-electron chi connectivity index (χ3n) is 4.25. The van der Waals surface area contributed by atoms with Gasteiger partial charge in [-0.3, -0.25) is 4.79 Å². The van der Waals surface area contributed by atoms with Crippen LogP contribution in [0.25, 0.3) is 0 Å². The van der Waals surface area contributed by atoms with Crippen molar-refractivity contribution in [1.29, 1.82) is 0 Å². The van der Waals surface area contributed by atoms with Gasteiger partial charge in [0, 0.05) is 5.69 Å². The number of esters is 1. The molecule has 2 unspecified atom stereocenters. The monoisotopic (exact) mass is 374 g/mol. The largest absolute Gasteiger partial charge is 0.449 e. The summed E-state index contributed by atoms with van der Waals surface area (Å²) in [6, 6.07) is 12.1. The lowest BCUT2D eigenvalue weighted by Crippen LogP contribution is -2.30. The Morgan fingerprint density at radius 1 is 1.19 bits per heavy atom. The molecule has 26 heavy (non-hydrogen) atoms. The van der Waals surface area contributed by atoms with Crippen molar-refractivity contribution in [3.05, 3.63) is 58.6 Å². The van der Waals surface area contributed by atoms with Gasteiger partial charge in [0.25, 0.3) is 5.91 Å². The molecule has 2 aromatic carbocycles. The van der Waals surface area contributed by atoms with E-state index in [0.717, 1.165) is 17.7 Å². The minimum absolute atomic E-state index is 0.242. The van der Waals surface area contributed by atoms with Crippen LogP contribution in [-0.2, 0) is 9.53 Å². The van der Waals surface area contributed by atoms with Gasteiger partial charge in [-0.2, -0.15) is 0 Å². The number of nitrogens with one attached hydrogen (secondary N) is 1. The Balaban J connectivity index is 2.06. The number of nitrogens with two attached hydrogens (primary N) is 1. The van der Waals surface area contributed by atoms with Gasteiger partial charge < -0.3 is 15.8 Å². The number of anilines is 2. The Kier molecular flexibility index (Phi) is 6.64. The summed E-state index contributed by atoms with van der Waals surface area (Å²) >= 11 is 5.84. The number of carbonyl (C=O) groups is 2. The third-order valence-corrected chi connectivity index (χ3v) is 4.59. The minimum Gasteiger partial charge on any atom is -0.449 e. The van der Waals surface area contributed by atoms with Gasteiger partial charge in [-0.1, -0.05) is 43.6 Å². The topological polar surface area (TPSA) is 81.4 Å². The first-order chi connectivity index (χ1) is 12.3. The number of benzene rings is 2. The number of carbonyl (C=O) groups excluding carboxylic acids is 2. The van der Waals surface area contributed by atoms with E-state index in [2.05, 4.69) is 19.2 Å². The molecule has 0 aromatic heterocycles. The summed E-state index contributed by atoms with van der Waals surface area (Å²) in [5.74, 6) is -0.719. The van der Waals surface area contributed by atoms with Gasteiger partial charge in [-0.05, 0) is 49.1 Å². The van der Waals surface area contributed by atoms with Crippen LogP contribution in [0.2, 0.25) is 5.02 Å². The van der Waals surface area contributed by atoms with Crippen LogP contribution in [0.1, 0.15) is 49.0 Å². The fraction of sp³-hybridized carbons (Fsp3) is 0.300. The second kappa shape index (κ2) is 8.72. The molecule has 2 atom stereocenters. The van der Waals surface area contributed by atoms with Crippen molar-refractivity contribution in [3.8, 4) is 0 Å². The second-order valence-electron chi connectivity index (χ2n) is 6.17. The van der Waals surface area contributed by atoms with Crippen molar-refractivity contribution < 1.29 is 14.3 Å². The van der Waals surface area contributed by atoms with Crippen LogP contribution in [0.4, 0.5) is 11.4 Å². The summed E-state index contributed by atoms with van der Waals surface area (Å²) in [7, 11) is 0. The van der Waals surface area contributed by atoms with Crippen LogP contribution in [-0.4, -0.2) is 18.0 Å². The molecule has 138 valence electrons. The molecule has 2 aromatic rings. The van der Waals surface area contributed by atoms with E-state index in [0.29, 0.717) is 10.9 Å². The van der Waals surface area contributed by atoms with E-state index in [-0.39, 0.29) is 11.3 Å². The predicted octanol–water partition coefficient (Wildman–Crippen LogP) is 4.62. The van der Waals surface area contributed by atoms with Gasteiger partial charge >= 0.3 is 5.97 Å². The number of rotatable bonds is 6. The highest BCUT2D eigenvalue weighted by Crippen LogP contribution is 2.26. The summed E-state index contributed by atoms with van der Waals surface area (Å²) in [6.07, 6.45) is -0.000485. The molecule has 0 saturated heterocycles. The molecular weight excluding hydrogens is 352 g/mol. The van der Waals surface area contributed by atoms with Crippen molar-refractivity contribution >= 4 is 34.9 Å². The van der Waals surface area contributed by atoms with E-state index in [1.165, 1.54) is 25.1 Å². The lowest BCUT2D eigenvalue weighted by atomic mass is 9.97. The highest BCUT2D eigenvalue weighted by Gasteiger charge is 2.21. The molecule has 0 spiro atoms. The van der Waals surface area contributed by atoms with E-state index in [1.54, 1.807) is 0 Å². The summed E-state index contributed by atoms with van der Waals surface area (Å²) < 4.78 is 5.24. The number of nitrogen functional groups attached to an aromatic ring is 1. The third kappa shape index (κ3) is 4.76. The van der Waals surface area contributed by atoms with Crippen LogP contribution in [0.15, 0.2) is 42.5 Å². The highest BCUT2D eigenvalue weighted by atomic mass is 35.5. The normalized spacial score (nSPS) is 12.9. The van der Waals surface area contributed by atoms with Crippen LogP contribution in [0.5, 0.6) is 0 Å². The van der Waals surface area contributed by atoms with E-state index in [9.17, 15) is 9.59 Å². The first-order valence-electron chi connectivity index (χ1n) is 8.49. The Labute approximate surface area is 158 Å². The first kappa shape index (κ1) is 19.8. The fourth-order valence-electron chi connectivity index (χ4n) is 2.45. The van der Waals surface area contributed by atoms with Gasteiger partial charge in [0.1, 0.15) is 0 Å². The number of hydrogen-bond acceptors (Lipinski definition) is 4. The Hall–Kier alpha value is -2.53. The molecule has 1 amide bonds. The van der Waals surface area contributed by atoms with Gasteiger partial charge in [0.2, 0.25) is 0 Å². The van der Waals surface area contributed by atoms with Gasteiger partial charge in [-0.15, -0.1) is 0 Å². The van der Waals surface area contributed by atoms with Crippen molar-refractivity contribution in [2.75, 3.05) is 11.1 Å². The van der Waals surface area contributed by atoms with Crippen molar-refractivity contribution in [2.45, 2.75) is 39.2 Å². The molecule has 3 N–H and O–H groups in total. The van der Waals surface area contributed by atoms with Crippen LogP contribution < -0.4 is 11.1 Å². The first-order valence-corrected chi connectivity index (χ1v) is 8.87. The van der Waals surface area contributed by atoms with Gasteiger partial charge in [-0.25, -0.2) is 4.79 Å². The molecule has 5 nitrogen and oxygen atoms in total. The van der Waals surface area contributed by atoms with E-state index in [4.69, 9.17) is 22.1 Å². The number of para-hydroxylation sites is 1. The summed E-state index contributed by atoms with van der Waals surface area (Å²) in [5.41, 5.74) is 7.99. The van der Waals surface area contributed by atoms with Gasteiger partial charge in [0.05, 0.1) is 16.3 Å². The Bertz CT molecular complexity index is 807. The summed E-state index contributed by atoms with van der Waals surface area (Å²) in [5, 5.41) is 3.20. The number of hydrogen-bond donors (Lipinski definition) is 2. The quantitative estimate of drug-likeness (QED) is 0.571.